The number of hydrogen-bond acceptors (Lipinski definition) is 2. The Kier molecular flexibility index (Phi) is 4.57. The molecule has 0 saturated carbocycles. The maximum absolute atomic E-state index is 5.60. The van der Waals surface area contributed by atoms with Crippen LogP contribution in [0, 0.1) is 5.92 Å². The first-order valence-corrected chi connectivity index (χ1v) is 6.81. The van der Waals surface area contributed by atoms with Crippen LogP contribution in [0.2, 0.25) is 0 Å². The molecule has 0 aromatic heterocycles. The topological polar surface area (TPSA) is 38.0 Å². The minimum Gasteiger partial charge on any atom is -0.330 e. The fourth-order valence-electron chi connectivity index (χ4n) is 2.43. The van der Waals surface area contributed by atoms with Gasteiger partial charge < -0.3 is 11.1 Å². The molecule has 1 aliphatic rings. The van der Waals surface area contributed by atoms with E-state index in [0.717, 1.165) is 19.6 Å². The van der Waals surface area contributed by atoms with Crippen LogP contribution >= 0.6 is 0 Å². The molecular formula is C15H24N2. The summed E-state index contributed by atoms with van der Waals surface area (Å²) < 4.78 is 0. The molecule has 3 N–H and O–H groups in total. The minimum absolute atomic E-state index is 0.627. The molecule has 2 rings (SSSR count). The number of rotatable bonds is 6. The highest BCUT2D eigenvalue weighted by Crippen LogP contribution is 2.22. The van der Waals surface area contributed by atoms with Crippen LogP contribution in [-0.2, 0) is 19.4 Å². The monoisotopic (exact) mass is 232 g/mol. The second kappa shape index (κ2) is 6.18. The molecule has 0 heterocycles. The molecule has 0 radical (unpaired) electrons. The van der Waals surface area contributed by atoms with Gasteiger partial charge in [-0.15, -0.1) is 0 Å². The van der Waals surface area contributed by atoms with Gasteiger partial charge in [0.2, 0.25) is 0 Å². The minimum atomic E-state index is 0.627. The first kappa shape index (κ1) is 12.6. The third-order valence-corrected chi connectivity index (χ3v) is 3.71. The summed E-state index contributed by atoms with van der Waals surface area (Å²) >= 11 is 0. The number of nitrogens with two attached hydrogens (primary N) is 1. The second-order valence-corrected chi connectivity index (χ2v) is 5.26. The Hall–Kier alpha value is -0.860. The Bertz CT molecular complexity index is 360. The molecule has 1 aromatic carbocycles. The normalized spacial score (nSPS) is 15.9. The Balaban J connectivity index is 1.76. The molecular weight excluding hydrogens is 208 g/mol. The molecule has 1 aliphatic carbocycles. The Labute approximate surface area is 105 Å². The molecule has 2 heteroatoms. The quantitative estimate of drug-likeness (QED) is 0.738. The van der Waals surface area contributed by atoms with E-state index in [0.29, 0.717) is 5.92 Å². The van der Waals surface area contributed by atoms with Crippen molar-refractivity contribution in [3.8, 4) is 0 Å². The zero-order valence-electron chi connectivity index (χ0n) is 10.8. The number of benzene rings is 1. The Morgan fingerprint density at radius 2 is 2.12 bits per heavy atom. The van der Waals surface area contributed by atoms with Gasteiger partial charge in [-0.1, -0.05) is 25.1 Å². The molecule has 0 aliphatic heterocycles. The van der Waals surface area contributed by atoms with Crippen molar-refractivity contribution >= 4 is 0 Å². The van der Waals surface area contributed by atoms with E-state index in [1.165, 1.54) is 31.2 Å². The van der Waals surface area contributed by atoms with Gasteiger partial charge in [0.1, 0.15) is 0 Å². The second-order valence-electron chi connectivity index (χ2n) is 5.26. The van der Waals surface area contributed by atoms with E-state index in [1.807, 2.05) is 0 Å². The zero-order valence-corrected chi connectivity index (χ0v) is 10.8. The van der Waals surface area contributed by atoms with Gasteiger partial charge in [-0.05, 0) is 61.4 Å². The largest absolute Gasteiger partial charge is 0.330 e. The van der Waals surface area contributed by atoms with Crippen molar-refractivity contribution in [1.29, 1.82) is 0 Å². The summed E-state index contributed by atoms with van der Waals surface area (Å²) in [6.45, 7) is 5.05. The summed E-state index contributed by atoms with van der Waals surface area (Å²) in [6, 6.07) is 6.95. The van der Waals surface area contributed by atoms with E-state index in [1.54, 1.807) is 11.1 Å². The highest BCUT2D eigenvalue weighted by Gasteiger charge is 2.10. The lowest BCUT2D eigenvalue weighted by molar-refractivity contribution is 0.509. The van der Waals surface area contributed by atoms with Gasteiger partial charge in [-0.3, -0.25) is 0 Å². The molecule has 0 bridgehead atoms. The van der Waals surface area contributed by atoms with Gasteiger partial charge in [-0.25, -0.2) is 0 Å². The van der Waals surface area contributed by atoms with E-state index in [-0.39, 0.29) is 0 Å². The molecule has 0 fully saturated rings. The fourth-order valence-corrected chi connectivity index (χ4v) is 2.43. The van der Waals surface area contributed by atoms with Crippen molar-refractivity contribution in [3.63, 3.8) is 0 Å². The lowest BCUT2D eigenvalue weighted by Crippen LogP contribution is -2.20. The first-order chi connectivity index (χ1) is 8.29. The summed E-state index contributed by atoms with van der Waals surface area (Å²) in [6.07, 6.45) is 5.05. The smallest absolute Gasteiger partial charge is 0.0205 e. The van der Waals surface area contributed by atoms with Crippen molar-refractivity contribution < 1.29 is 0 Å². The van der Waals surface area contributed by atoms with Crippen LogP contribution in [0.1, 0.15) is 36.5 Å². The average Bonchev–Trinajstić information content (AvgIpc) is 2.81. The van der Waals surface area contributed by atoms with E-state index in [9.17, 15) is 0 Å². The van der Waals surface area contributed by atoms with Gasteiger partial charge in [0.25, 0.3) is 0 Å². The Morgan fingerprint density at radius 3 is 2.94 bits per heavy atom. The van der Waals surface area contributed by atoms with Gasteiger partial charge in [0, 0.05) is 6.54 Å². The molecule has 0 spiro atoms. The number of nitrogens with one attached hydrogen (secondary N) is 1. The zero-order chi connectivity index (χ0) is 12.1. The van der Waals surface area contributed by atoms with E-state index in [2.05, 4.69) is 30.4 Å². The molecule has 1 atom stereocenters. The van der Waals surface area contributed by atoms with Crippen molar-refractivity contribution in [3.05, 3.63) is 34.9 Å². The number of fused-ring (bicyclic) bond motifs is 1. The van der Waals surface area contributed by atoms with Crippen LogP contribution < -0.4 is 11.1 Å². The molecule has 17 heavy (non-hydrogen) atoms. The summed E-state index contributed by atoms with van der Waals surface area (Å²) in [7, 11) is 0. The van der Waals surface area contributed by atoms with Gasteiger partial charge in [-0.2, -0.15) is 0 Å². The van der Waals surface area contributed by atoms with E-state index >= 15 is 0 Å². The predicted octanol–water partition coefficient (Wildman–Crippen LogP) is 2.25. The maximum atomic E-state index is 5.60. The fraction of sp³-hybridized carbons (Fsp3) is 0.600. The maximum Gasteiger partial charge on any atom is 0.0205 e. The van der Waals surface area contributed by atoms with Crippen LogP contribution in [0.5, 0.6) is 0 Å². The van der Waals surface area contributed by atoms with E-state index < -0.39 is 0 Å². The van der Waals surface area contributed by atoms with Gasteiger partial charge >= 0.3 is 0 Å². The van der Waals surface area contributed by atoms with Crippen molar-refractivity contribution in [2.75, 3.05) is 13.1 Å². The van der Waals surface area contributed by atoms with Crippen molar-refractivity contribution in [2.45, 2.75) is 39.2 Å². The summed E-state index contributed by atoms with van der Waals surface area (Å²) in [5, 5.41) is 3.50. The highest BCUT2D eigenvalue weighted by atomic mass is 14.8. The lowest BCUT2D eigenvalue weighted by Gasteiger charge is -2.10. The molecule has 0 amide bonds. The average molecular weight is 232 g/mol. The molecule has 2 nitrogen and oxygen atoms in total. The van der Waals surface area contributed by atoms with Crippen LogP contribution in [-0.4, -0.2) is 13.1 Å². The molecule has 94 valence electrons. The summed E-state index contributed by atoms with van der Waals surface area (Å²) in [5.41, 5.74) is 10.2. The standard InChI is InChI=1S/C15H24N2/c1-12(10-16)7-8-17-11-13-5-6-14-3-2-4-15(14)9-13/h5-6,9,12,17H,2-4,7-8,10-11,16H2,1H3. The van der Waals surface area contributed by atoms with Crippen LogP contribution in [0.25, 0.3) is 0 Å². The first-order valence-electron chi connectivity index (χ1n) is 6.81. The van der Waals surface area contributed by atoms with E-state index in [4.69, 9.17) is 5.73 Å². The SMILES string of the molecule is CC(CN)CCNCc1ccc2c(c1)CCC2. The summed E-state index contributed by atoms with van der Waals surface area (Å²) in [4.78, 5) is 0. The Morgan fingerprint density at radius 1 is 1.29 bits per heavy atom. The predicted molar refractivity (Wildman–Crippen MR) is 73.0 cm³/mol. The van der Waals surface area contributed by atoms with Crippen LogP contribution in [0.4, 0.5) is 0 Å². The van der Waals surface area contributed by atoms with Crippen LogP contribution in [0.15, 0.2) is 18.2 Å². The molecule has 0 saturated heterocycles. The molecule has 1 unspecified atom stereocenters. The van der Waals surface area contributed by atoms with Crippen molar-refractivity contribution in [1.82, 2.24) is 5.32 Å². The lowest BCUT2D eigenvalue weighted by atomic mass is 10.1. The third kappa shape index (κ3) is 3.55. The number of hydrogen-bond donors (Lipinski definition) is 2. The third-order valence-electron chi connectivity index (χ3n) is 3.71. The number of aryl methyl sites for hydroxylation is 2. The molecule has 1 aromatic rings. The van der Waals surface area contributed by atoms with Gasteiger partial charge in [0.15, 0.2) is 0 Å². The van der Waals surface area contributed by atoms with Gasteiger partial charge in [0.05, 0.1) is 0 Å². The highest BCUT2D eigenvalue weighted by molar-refractivity contribution is 5.35. The van der Waals surface area contributed by atoms with Crippen LogP contribution in [0.3, 0.4) is 0 Å². The summed E-state index contributed by atoms with van der Waals surface area (Å²) in [5.74, 6) is 0.627. The van der Waals surface area contributed by atoms with Crippen molar-refractivity contribution in [2.24, 2.45) is 11.7 Å².